The summed E-state index contributed by atoms with van der Waals surface area (Å²) in [6.45, 7) is 7.31. The molecule has 37 heavy (non-hydrogen) atoms. The van der Waals surface area contributed by atoms with Crippen LogP contribution in [0.1, 0.15) is 49.1 Å². The van der Waals surface area contributed by atoms with Gasteiger partial charge < -0.3 is 10.1 Å². The SMILES string of the molecule is CON1c2ccc3c(c2C(C)=CC1(C)C)C(c1cccc(NCc2ccccc2)c1)Oc1ccccc1-3. The molecule has 186 valence electrons. The Kier molecular flexibility index (Phi) is 5.77. The van der Waals surface area contributed by atoms with Crippen LogP contribution < -0.4 is 15.1 Å². The highest BCUT2D eigenvalue weighted by atomic mass is 16.7. The Labute approximate surface area is 219 Å². The van der Waals surface area contributed by atoms with Gasteiger partial charge in [0.25, 0.3) is 0 Å². The Balaban J connectivity index is 1.48. The molecule has 6 rings (SSSR count). The van der Waals surface area contributed by atoms with E-state index in [1.165, 1.54) is 27.8 Å². The van der Waals surface area contributed by atoms with Gasteiger partial charge in [0.2, 0.25) is 0 Å². The monoisotopic (exact) mass is 488 g/mol. The van der Waals surface area contributed by atoms with E-state index in [0.29, 0.717) is 0 Å². The van der Waals surface area contributed by atoms with Crippen molar-refractivity contribution in [3.05, 3.63) is 119 Å². The molecule has 2 aliphatic heterocycles. The summed E-state index contributed by atoms with van der Waals surface area (Å²) in [6.07, 6.45) is 2.04. The molecule has 2 heterocycles. The molecule has 4 aromatic rings. The molecule has 0 spiro atoms. The third kappa shape index (κ3) is 4.08. The fourth-order valence-corrected chi connectivity index (χ4v) is 5.83. The van der Waals surface area contributed by atoms with Crippen LogP contribution in [0, 0.1) is 0 Å². The number of rotatable bonds is 5. The van der Waals surface area contributed by atoms with E-state index in [1.54, 1.807) is 7.11 Å². The second kappa shape index (κ2) is 9.13. The van der Waals surface area contributed by atoms with E-state index in [1.807, 2.05) is 17.2 Å². The maximum absolute atomic E-state index is 6.78. The van der Waals surface area contributed by atoms with Crippen molar-refractivity contribution in [3.63, 3.8) is 0 Å². The van der Waals surface area contributed by atoms with Gasteiger partial charge in [-0.25, -0.2) is 5.06 Å². The van der Waals surface area contributed by atoms with E-state index in [2.05, 4.69) is 111 Å². The van der Waals surface area contributed by atoms with Gasteiger partial charge in [0.05, 0.1) is 18.3 Å². The summed E-state index contributed by atoms with van der Waals surface area (Å²) >= 11 is 0. The largest absolute Gasteiger partial charge is 0.480 e. The number of hydrogen-bond acceptors (Lipinski definition) is 4. The number of fused-ring (bicyclic) bond motifs is 5. The molecule has 1 atom stereocenters. The van der Waals surface area contributed by atoms with Crippen molar-refractivity contribution >= 4 is 16.9 Å². The van der Waals surface area contributed by atoms with Crippen molar-refractivity contribution in [2.24, 2.45) is 0 Å². The molecule has 0 fully saturated rings. The van der Waals surface area contributed by atoms with E-state index >= 15 is 0 Å². The Bertz CT molecular complexity index is 1490. The Hall–Kier alpha value is -4.02. The number of para-hydroxylation sites is 1. The summed E-state index contributed by atoms with van der Waals surface area (Å²) in [5, 5.41) is 5.59. The zero-order chi connectivity index (χ0) is 25.6. The third-order valence-electron chi connectivity index (χ3n) is 7.33. The number of benzene rings is 4. The van der Waals surface area contributed by atoms with Crippen LogP contribution in [-0.2, 0) is 11.4 Å². The predicted octanol–water partition coefficient (Wildman–Crippen LogP) is 8.01. The summed E-state index contributed by atoms with van der Waals surface area (Å²) in [5.74, 6) is 0.906. The lowest BCUT2D eigenvalue weighted by atomic mass is 9.80. The molecule has 4 aromatic carbocycles. The van der Waals surface area contributed by atoms with Crippen molar-refractivity contribution in [3.8, 4) is 16.9 Å². The number of anilines is 2. The van der Waals surface area contributed by atoms with Gasteiger partial charge in [-0.1, -0.05) is 72.8 Å². The summed E-state index contributed by atoms with van der Waals surface area (Å²) in [7, 11) is 1.74. The Morgan fingerprint density at radius 2 is 1.68 bits per heavy atom. The van der Waals surface area contributed by atoms with Crippen molar-refractivity contribution in [1.82, 2.24) is 0 Å². The fourth-order valence-electron chi connectivity index (χ4n) is 5.83. The predicted molar refractivity (Wildman–Crippen MR) is 152 cm³/mol. The fraction of sp³-hybridized carbons (Fsp3) is 0.212. The Morgan fingerprint density at radius 3 is 2.49 bits per heavy atom. The molecule has 2 aliphatic rings. The van der Waals surface area contributed by atoms with E-state index in [9.17, 15) is 0 Å². The van der Waals surface area contributed by atoms with Gasteiger partial charge in [-0.15, -0.1) is 0 Å². The minimum absolute atomic E-state index is 0.249. The minimum Gasteiger partial charge on any atom is -0.480 e. The molecule has 0 saturated carbocycles. The molecular formula is C33H32N2O2. The first-order chi connectivity index (χ1) is 18.0. The van der Waals surface area contributed by atoms with Crippen molar-refractivity contribution in [2.75, 3.05) is 17.5 Å². The molecule has 0 saturated heterocycles. The molecular weight excluding hydrogens is 456 g/mol. The lowest BCUT2D eigenvalue weighted by molar-refractivity contribution is 0.123. The van der Waals surface area contributed by atoms with Gasteiger partial charge in [0, 0.05) is 28.9 Å². The standard InChI is InChI=1S/C33H32N2O2/c1-22-20-33(2,3)35(36-4)28-18-17-27-26-15-8-9-16-29(26)37-32(31(27)30(22)28)24-13-10-14-25(19-24)34-21-23-11-6-5-7-12-23/h5-20,32,34H,21H2,1-4H3. The van der Waals surface area contributed by atoms with Crippen LogP contribution in [0.4, 0.5) is 11.4 Å². The molecule has 0 aromatic heterocycles. The maximum Gasteiger partial charge on any atom is 0.150 e. The maximum atomic E-state index is 6.78. The van der Waals surface area contributed by atoms with Gasteiger partial charge in [-0.2, -0.15) is 0 Å². The van der Waals surface area contributed by atoms with Gasteiger partial charge >= 0.3 is 0 Å². The zero-order valence-corrected chi connectivity index (χ0v) is 21.8. The average Bonchev–Trinajstić information content (AvgIpc) is 2.91. The lowest BCUT2D eigenvalue weighted by Crippen LogP contribution is -2.44. The molecule has 0 aliphatic carbocycles. The molecule has 1 unspecified atom stereocenters. The van der Waals surface area contributed by atoms with Crippen molar-refractivity contribution < 1.29 is 9.57 Å². The van der Waals surface area contributed by atoms with E-state index < -0.39 is 0 Å². The third-order valence-corrected chi connectivity index (χ3v) is 7.33. The van der Waals surface area contributed by atoms with Crippen LogP contribution >= 0.6 is 0 Å². The van der Waals surface area contributed by atoms with Crippen LogP contribution in [0.25, 0.3) is 16.7 Å². The summed E-state index contributed by atoms with van der Waals surface area (Å²) in [6, 6.07) is 31.8. The van der Waals surface area contributed by atoms with Gasteiger partial charge in [-0.3, -0.25) is 4.84 Å². The highest BCUT2D eigenvalue weighted by Gasteiger charge is 2.38. The molecule has 4 heteroatoms. The zero-order valence-electron chi connectivity index (χ0n) is 21.8. The lowest BCUT2D eigenvalue weighted by Gasteiger charge is -2.43. The number of allylic oxidation sites excluding steroid dienone is 1. The minimum atomic E-state index is -0.260. The van der Waals surface area contributed by atoms with Gasteiger partial charge in [-0.05, 0) is 67.3 Å². The first-order valence-corrected chi connectivity index (χ1v) is 12.8. The second-order valence-corrected chi connectivity index (χ2v) is 10.3. The molecule has 0 radical (unpaired) electrons. The number of nitrogens with one attached hydrogen (secondary N) is 1. The summed E-state index contributed by atoms with van der Waals surface area (Å²) < 4.78 is 6.78. The highest BCUT2D eigenvalue weighted by molar-refractivity contribution is 5.90. The number of hydrogen-bond donors (Lipinski definition) is 1. The van der Waals surface area contributed by atoms with E-state index in [-0.39, 0.29) is 11.6 Å². The normalized spacial score (nSPS) is 17.1. The van der Waals surface area contributed by atoms with E-state index in [4.69, 9.17) is 9.57 Å². The first-order valence-electron chi connectivity index (χ1n) is 12.8. The van der Waals surface area contributed by atoms with Crippen molar-refractivity contribution in [2.45, 2.75) is 39.0 Å². The van der Waals surface area contributed by atoms with Crippen molar-refractivity contribution in [1.29, 1.82) is 0 Å². The molecule has 0 bridgehead atoms. The quantitative estimate of drug-likeness (QED) is 0.308. The van der Waals surface area contributed by atoms with Crippen LogP contribution in [-0.4, -0.2) is 12.6 Å². The Morgan fingerprint density at radius 1 is 0.892 bits per heavy atom. The topological polar surface area (TPSA) is 33.7 Å². The van der Waals surface area contributed by atoms with Crippen LogP contribution in [0.15, 0.2) is 97.1 Å². The number of nitrogens with zero attached hydrogens (tertiary/aromatic N) is 1. The summed E-state index contributed by atoms with van der Waals surface area (Å²) in [4.78, 5) is 5.91. The van der Waals surface area contributed by atoms with Gasteiger partial charge in [0.1, 0.15) is 5.75 Å². The molecule has 0 amide bonds. The van der Waals surface area contributed by atoms with Crippen LogP contribution in [0.2, 0.25) is 0 Å². The van der Waals surface area contributed by atoms with Crippen LogP contribution in [0.5, 0.6) is 5.75 Å². The second-order valence-electron chi connectivity index (χ2n) is 10.3. The van der Waals surface area contributed by atoms with Gasteiger partial charge in [0.15, 0.2) is 6.10 Å². The van der Waals surface area contributed by atoms with E-state index in [0.717, 1.165) is 34.8 Å². The molecule has 1 N–H and O–H groups in total. The number of hydroxylamine groups is 1. The smallest absolute Gasteiger partial charge is 0.150 e. The number of ether oxygens (including phenoxy) is 1. The van der Waals surface area contributed by atoms with Crippen LogP contribution in [0.3, 0.4) is 0 Å². The molecule has 4 nitrogen and oxygen atoms in total. The highest BCUT2D eigenvalue weighted by Crippen LogP contribution is 2.52. The summed E-state index contributed by atoms with van der Waals surface area (Å²) in [5.41, 5.74) is 10.2. The average molecular weight is 489 g/mol. The first kappa shape index (κ1) is 23.4.